The molecule has 0 aliphatic carbocycles. The van der Waals surface area contributed by atoms with E-state index >= 15 is 0 Å². The van der Waals surface area contributed by atoms with Crippen LogP contribution in [0.15, 0.2) is 84.4 Å². The van der Waals surface area contributed by atoms with Gasteiger partial charge in [0.2, 0.25) is 0 Å². The number of ether oxygens (including phenoxy) is 1. The van der Waals surface area contributed by atoms with Gasteiger partial charge in [-0.05, 0) is 54.0 Å². The molecule has 32 heavy (non-hydrogen) atoms. The van der Waals surface area contributed by atoms with Crippen LogP contribution in [0.4, 0.5) is 0 Å². The smallest absolute Gasteiger partial charge is 0.335 e. The zero-order valence-corrected chi connectivity index (χ0v) is 17.5. The lowest BCUT2D eigenvalue weighted by atomic mass is 10.1. The molecule has 0 bridgehead atoms. The van der Waals surface area contributed by atoms with Crippen molar-refractivity contribution in [2.24, 2.45) is 0 Å². The van der Waals surface area contributed by atoms with Crippen LogP contribution in [0.3, 0.4) is 0 Å². The first kappa shape index (κ1) is 22.3. The van der Waals surface area contributed by atoms with E-state index in [0.29, 0.717) is 11.3 Å². The minimum absolute atomic E-state index is 0.0139. The van der Waals surface area contributed by atoms with Crippen LogP contribution in [0.2, 0.25) is 0 Å². The Labute approximate surface area is 186 Å². The van der Waals surface area contributed by atoms with E-state index in [1.54, 1.807) is 36.4 Å². The predicted octanol–water partition coefficient (Wildman–Crippen LogP) is 4.75. The topological polar surface area (TPSA) is 99.4 Å². The van der Waals surface area contributed by atoms with Crippen LogP contribution in [-0.4, -0.2) is 17.0 Å². The van der Waals surface area contributed by atoms with E-state index in [1.807, 2.05) is 43.3 Å². The second-order valence-corrected chi connectivity index (χ2v) is 7.14. The summed E-state index contributed by atoms with van der Waals surface area (Å²) in [7, 11) is 0. The third kappa shape index (κ3) is 6.07. The molecule has 3 rings (SSSR count). The molecule has 0 unspecified atom stereocenters. The second-order valence-electron chi connectivity index (χ2n) is 7.14. The maximum absolute atomic E-state index is 12.5. The average Bonchev–Trinajstić information content (AvgIpc) is 2.82. The highest BCUT2D eigenvalue weighted by atomic mass is 16.5. The molecule has 3 aromatic rings. The molecule has 1 amide bonds. The predicted molar refractivity (Wildman–Crippen MR) is 121 cm³/mol. The maximum atomic E-state index is 12.5. The number of nitrogens with zero attached hydrogens (tertiary/aromatic N) is 1. The van der Waals surface area contributed by atoms with Crippen molar-refractivity contribution in [2.75, 3.05) is 0 Å². The van der Waals surface area contributed by atoms with Crippen LogP contribution >= 0.6 is 0 Å². The Morgan fingerprint density at radius 3 is 2.28 bits per heavy atom. The Balaban J connectivity index is 1.60. The number of carboxylic acid groups (broad SMARTS) is 1. The molecule has 6 nitrogen and oxygen atoms in total. The van der Waals surface area contributed by atoms with Gasteiger partial charge in [0.25, 0.3) is 5.91 Å². The minimum Gasteiger partial charge on any atom is -0.489 e. The number of nitriles is 1. The molecule has 0 aromatic heterocycles. The van der Waals surface area contributed by atoms with Gasteiger partial charge in [0.15, 0.2) is 0 Å². The fraction of sp³-hybridized carbons (Fsp3) is 0.115. The van der Waals surface area contributed by atoms with E-state index in [-0.39, 0.29) is 23.8 Å². The number of hydrogen-bond donors (Lipinski definition) is 2. The summed E-state index contributed by atoms with van der Waals surface area (Å²) in [5.41, 5.74) is 2.73. The monoisotopic (exact) mass is 426 g/mol. The van der Waals surface area contributed by atoms with Crippen LogP contribution in [0.1, 0.15) is 40.0 Å². The van der Waals surface area contributed by atoms with Crippen LogP contribution in [0.5, 0.6) is 5.75 Å². The summed E-state index contributed by atoms with van der Waals surface area (Å²) in [6, 6.07) is 24.7. The summed E-state index contributed by atoms with van der Waals surface area (Å²) in [4.78, 5) is 23.4. The highest BCUT2D eigenvalue weighted by Crippen LogP contribution is 2.17. The number of hydrogen-bond acceptors (Lipinski definition) is 4. The lowest BCUT2D eigenvalue weighted by Crippen LogP contribution is -2.27. The van der Waals surface area contributed by atoms with Crippen LogP contribution in [-0.2, 0) is 11.4 Å². The molecule has 3 aromatic carbocycles. The summed E-state index contributed by atoms with van der Waals surface area (Å²) >= 11 is 0. The highest BCUT2D eigenvalue weighted by Gasteiger charge is 2.13. The van der Waals surface area contributed by atoms with E-state index in [9.17, 15) is 14.9 Å². The van der Waals surface area contributed by atoms with Crippen LogP contribution in [0, 0.1) is 11.3 Å². The molecule has 0 fully saturated rings. The van der Waals surface area contributed by atoms with Gasteiger partial charge >= 0.3 is 5.97 Å². The third-order valence-corrected chi connectivity index (χ3v) is 4.81. The molecule has 0 heterocycles. The van der Waals surface area contributed by atoms with Gasteiger partial charge in [-0.15, -0.1) is 0 Å². The first-order valence-corrected chi connectivity index (χ1v) is 9.99. The van der Waals surface area contributed by atoms with Gasteiger partial charge in [-0.2, -0.15) is 5.26 Å². The normalized spacial score (nSPS) is 11.8. The third-order valence-electron chi connectivity index (χ3n) is 4.81. The molecule has 0 saturated heterocycles. The molecule has 0 aliphatic rings. The van der Waals surface area contributed by atoms with Crippen molar-refractivity contribution in [3.8, 4) is 11.8 Å². The lowest BCUT2D eigenvalue weighted by molar-refractivity contribution is -0.117. The standard InChI is InChI=1S/C26H22N2O4/c1-18(21-5-3-2-4-6-21)28-25(29)23(16-27)15-19-9-13-24(14-10-19)32-17-20-7-11-22(12-8-20)26(30)31/h2-15,18H,17H2,1H3,(H,28,29)(H,30,31)/b23-15-/t18-/m1/s1. The first-order valence-electron chi connectivity index (χ1n) is 9.99. The van der Waals surface area contributed by atoms with Crippen molar-refractivity contribution in [1.29, 1.82) is 5.26 Å². The number of carbonyl (C=O) groups excluding carboxylic acids is 1. The molecule has 2 N–H and O–H groups in total. The van der Waals surface area contributed by atoms with E-state index in [2.05, 4.69) is 5.32 Å². The number of carbonyl (C=O) groups is 2. The molecule has 0 saturated carbocycles. The van der Waals surface area contributed by atoms with Gasteiger partial charge in [-0.3, -0.25) is 4.79 Å². The zero-order valence-electron chi connectivity index (χ0n) is 17.5. The summed E-state index contributed by atoms with van der Waals surface area (Å²) in [6.07, 6.45) is 1.53. The summed E-state index contributed by atoms with van der Waals surface area (Å²) in [5.74, 6) is -0.792. The molecule has 0 spiro atoms. The van der Waals surface area contributed by atoms with E-state index in [1.165, 1.54) is 18.2 Å². The van der Waals surface area contributed by atoms with E-state index < -0.39 is 11.9 Å². The van der Waals surface area contributed by atoms with Crippen molar-refractivity contribution >= 4 is 18.0 Å². The molecular formula is C26H22N2O4. The SMILES string of the molecule is C[C@@H](NC(=O)/C(C#N)=C\c1ccc(OCc2ccc(C(=O)O)cc2)cc1)c1ccccc1. The van der Waals surface area contributed by atoms with Crippen LogP contribution < -0.4 is 10.1 Å². The van der Waals surface area contributed by atoms with Crippen molar-refractivity contribution in [3.05, 3.63) is 107 Å². The fourth-order valence-corrected chi connectivity index (χ4v) is 2.99. The second kappa shape index (κ2) is 10.6. The average molecular weight is 426 g/mol. The Kier molecular flexibility index (Phi) is 7.39. The number of amides is 1. The molecule has 160 valence electrons. The van der Waals surface area contributed by atoms with Gasteiger partial charge in [0.05, 0.1) is 11.6 Å². The highest BCUT2D eigenvalue weighted by molar-refractivity contribution is 6.01. The number of benzene rings is 3. The van der Waals surface area contributed by atoms with Crippen molar-refractivity contribution < 1.29 is 19.4 Å². The van der Waals surface area contributed by atoms with Crippen LogP contribution in [0.25, 0.3) is 6.08 Å². The number of nitrogens with one attached hydrogen (secondary N) is 1. The minimum atomic E-state index is -0.971. The van der Waals surface area contributed by atoms with Crippen molar-refractivity contribution in [2.45, 2.75) is 19.6 Å². The van der Waals surface area contributed by atoms with Gasteiger partial charge in [-0.1, -0.05) is 54.6 Å². The molecule has 1 atom stereocenters. The molecular weight excluding hydrogens is 404 g/mol. The zero-order chi connectivity index (χ0) is 22.9. The molecule has 0 aliphatic heterocycles. The van der Waals surface area contributed by atoms with Gasteiger partial charge < -0.3 is 15.2 Å². The van der Waals surface area contributed by atoms with Crippen molar-refractivity contribution in [3.63, 3.8) is 0 Å². The Bertz CT molecular complexity index is 1150. The van der Waals surface area contributed by atoms with E-state index in [4.69, 9.17) is 9.84 Å². The Morgan fingerprint density at radius 2 is 1.69 bits per heavy atom. The van der Waals surface area contributed by atoms with Gasteiger partial charge in [0.1, 0.15) is 24.0 Å². The maximum Gasteiger partial charge on any atom is 0.335 e. The van der Waals surface area contributed by atoms with Crippen molar-refractivity contribution in [1.82, 2.24) is 5.32 Å². The fourth-order valence-electron chi connectivity index (χ4n) is 2.99. The van der Waals surface area contributed by atoms with Gasteiger partial charge in [-0.25, -0.2) is 4.79 Å². The Hall–Kier alpha value is -4.37. The summed E-state index contributed by atoms with van der Waals surface area (Å²) < 4.78 is 5.72. The summed E-state index contributed by atoms with van der Waals surface area (Å²) in [5, 5.41) is 21.2. The first-order chi connectivity index (χ1) is 15.5. The largest absolute Gasteiger partial charge is 0.489 e. The Morgan fingerprint density at radius 1 is 1.03 bits per heavy atom. The van der Waals surface area contributed by atoms with E-state index in [0.717, 1.165) is 11.1 Å². The lowest BCUT2D eigenvalue weighted by Gasteiger charge is -2.13. The molecule has 0 radical (unpaired) electrons. The molecule has 6 heteroatoms. The summed E-state index contributed by atoms with van der Waals surface area (Å²) in [6.45, 7) is 2.15. The quantitative estimate of drug-likeness (QED) is 0.400. The number of aromatic carboxylic acids is 1. The number of carboxylic acids is 1. The van der Waals surface area contributed by atoms with Gasteiger partial charge in [0, 0.05) is 0 Å². The number of rotatable bonds is 8.